The first-order valence-electron chi connectivity index (χ1n) is 8.58. The molecule has 27 heavy (non-hydrogen) atoms. The Morgan fingerprint density at radius 1 is 1.22 bits per heavy atom. The van der Waals surface area contributed by atoms with Gasteiger partial charge in [-0.15, -0.1) is 0 Å². The summed E-state index contributed by atoms with van der Waals surface area (Å²) in [6.45, 7) is 0.476. The predicted molar refractivity (Wildman–Crippen MR) is 93.3 cm³/mol. The fourth-order valence-corrected chi connectivity index (χ4v) is 3.29. The molecule has 2 aliphatic rings. The molecule has 2 N–H and O–H groups in total. The summed E-state index contributed by atoms with van der Waals surface area (Å²) >= 11 is 0. The van der Waals surface area contributed by atoms with E-state index in [0.29, 0.717) is 18.7 Å². The number of carbonyl (C=O) groups is 5. The van der Waals surface area contributed by atoms with Crippen LogP contribution < -0.4 is 10.2 Å². The van der Waals surface area contributed by atoms with Crippen LogP contribution in [0, 0.1) is 0 Å². The van der Waals surface area contributed by atoms with Crippen LogP contribution in [0.3, 0.4) is 0 Å². The van der Waals surface area contributed by atoms with Crippen molar-refractivity contribution in [1.82, 2.24) is 10.2 Å². The maximum atomic E-state index is 12.8. The van der Waals surface area contributed by atoms with Crippen LogP contribution in [0.4, 0.5) is 5.69 Å². The number of carboxylic acid groups (broad SMARTS) is 1. The maximum absolute atomic E-state index is 12.8. The van der Waals surface area contributed by atoms with Crippen molar-refractivity contribution in [3.63, 3.8) is 0 Å². The Labute approximate surface area is 154 Å². The molecule has 2 aliphatic heterocycles. The number of hydrogen-bond donors (Lipinski definition) is 2. The molecule has 9 nitrogen and oxygen atoms in total. The number of hydrogen-bond acceptors (Lipinski definition) is 6. The van der Waals surface area contributed by atoms with E-state index in [-0.39, 0.29) is 30.4 Å². The molecule has 9 heteroatoms. The van der Waals surface area contributed by atoms with Gasteiger partial charge in [-0.1, -0.05) is 0 Å². The number of anilines is 1. The molecule has 1 unspecified atom stereocenters. The van der Waals surface area contributed by atoms with Crippen molar-refractivity contribution in [3.8, 4) is 0 Å². The standard InChI is InChI=1S/C18H19N3O6/c1-20(8-2-3-15(23)24)10-4-5-11-12(9-10)18(27)21(17(11)26)13-6-7-14(22)19-16(13)25/h4-5,9,13H,2-3,6-8H2,1H3,(H,23,24)(H,19,22,25). The molecule has 3 rings (SSSR count). The summed E-state index contributed by atoms with van der Waals surface area (Å²) in [5.41, 5.74) is 1.09. The second-order valence-electron chi connectivity index (χ2n) is 6.60. The number of piperidine rings is 1. The normalized spacial score (nSPS) is 19.1. The van der Waals surface area contributed by atoms with Crippen LogP contribution in [0.2, 0.25) is 0 Å². The van der Waals surface area contributed by atoms with Crippen molar-refractivity contribution in [2.75, 3.05) is 18.5 Å². The van der Waals surface area contributed by atoms with Gasteiger partial charge in [-0.05, 0) is 31.0 Å². The number of rotatable bonds is 6. The average Bonchev–Trinajstić information content (AvgIpc) is 2.85. The average molecular weight is 373 g/mol. The lowest BCUT2D eigenvalue weighted by Gasteiger charge is -2.27. The number of benzene rings is 1. The minimum Gasteiger partial charge on any atom is -0.481 e. The van der Waals surface area contributed by atoms with E-state index in [0.717, 1.165) is 4.90 Å². The van der Waals surface area contributed by atoms with Crippen LogP contribution in [-0.2, 0) is 14.4 Å². The number of carboxylic acids is 1. The molecule has 1 aromatic rings. The summed E-state index contributed by atoms with van der Waals surface area (Å²) in [6, 6.07) is 3.79. The third kappa shape index (κ3) is 3.53. The van der Waals surface area contributed by atoms with E-state index < -0.39 is 35.6 Å². The Balaban J connectivity index is 1.79. The van der Waals surface area contributed by atoms with Crippen molar-refractivity contribution >= 4 is 35.3 Å². The Bertz CT molecular complexity index is 849. The van der Waals surface area contributed by atoms with Crippen LogP contribution in [0.15, 0.2) is 18.2 Å². The number of fused-ring (bicyclic) bond motifs is 1. The molecule has 0 spiro atoms. The van der Waals surface area contributed by atoms with Gasteiger partial charge >= 0.3 is 5.97 Å². The summed E-state index contributed by atoms with van der Waals surface area (Å²) < 4.78 is 0. The van der Waals surface area contributed by atoms with E-state index in [1.54, 1.807) is 24.1 Å². The number of imide groups is 2. The number of nitrogens with zero attached hydrogens (tertiary/aromatic N) is 2. The SMILES string of the molecule is CN(CCCC(=O)O)c1ccc2c(c1)C(=O)N(C1CCC(=O)NC1=O)C2=O. The number of nitrogens with one attached hydrogen (secondary N) is 1. The molecular weight excluding hydrogens is 354 g/mol. The summed E-state index contributed by atoms with van der Waals surface area (Å²) in [6.07, 6.45) is 0.660. The lowest BCUT2D eigenvalue weighted by molar-refractivity contribution is -0.137. The molecule has 1 saturated heterocycles. The predicted octanol–water partition coefficient (Wildman–Crippen LogP) is 0.389. The van der Waals surface area contributed by atoms with Gasteiger partial charge in [0.25, 0.3) is 11.8 Å². The Morgan fingerprint density at radius 3 is 2.59 bits per heavy atom. The van der Waals surface area contributed by atoms with E-state index in [1.165, 1.54) is 6.07 Å². The first-order valence-corrected chi connectivity index (χ1v) is 8.58. The molecule has 1 aromatic carbocycles. The zero-order valence-corrected chi connectivity index (χ0v) is 14.7. The van der Waals surface area contributed by atoms with Gasteiger partial charge in [-0.3, -0.25) is 34.2 Å². The minimum absolute atomic E-state index is 0.0377. The molecule has 0 saturated carbocycles. The summed E-state index contributed by atoms with van der Waals surface area (Å²) in [4.78, 5) is 62.1. The summed E-state index contributed by atoms with van der Waals surface area (Å²) in [5.74, 6) is -3.06. The highest BCUT2D eigenvalue weighted by Crippen LogP contribution is 2.30. The molecule has 2 heterocycles. The highest BCUT2D eigenvalue weighted by molar-refractivity contribution is 6.23. The maximum Gasteiger partial charge on any atom is 0.303 e. The Hall–Kier alpha value is -3.23. The Morgan fingerprint density at radius 2 is 1.93 bits per heavy atom. The van der Waals surface area contributed by atoms with Gasteiger partial charge in [-0.25, -0.2) is 0 Å². The van der Waals surface area contributed by atoms with E-state index in [9.17, 15) is 24.0 Å². The van der Waals surface area contributed by atoms with Gasteiger partial charge in [0.2, 0.25) is 11.8 Å². The smallest absolute Gasteiger partial charge is 0.303 e. The molecule has 0 aromatic heterocycles. The number of carbonyl (C=O) groups excluding carboxylic acids is 4. The highest BCUT2D eigenvalue weighted by Gasteiger charge is 2.44. The molecule has 1 fully saturated rings. The van der Waals surface area contributed by atoms with E-state index in [4.69, 9.17) is 5.11 Å². The lowest BCUT2D eigenvalue weighted by atomic mass is 10.0. The van der Waals surface area contributed by atoms with Crippen molar-refractivity contribution < 1.29 is 29.1 Å². The first kappa shape index (κ1) is 18.6. The summed E-state index contributed by atoms with van der Waals surface area (Å²) in [5, 5.41) is 10.9. The fourth-order valence-electron chi connectivity index (χ4n) is 3.29. The molecule has 0 radical (unpaired) electrons. The fraction of sp³-hybridized carbons (Fsp3) is 0.389. The zero-order valence-electron chi connectivity index (χ0n) is 14.7. The molecule has 4 amide bonds. The van der Waals surface area contributed by atoms with E-state index in [1.807, 2.05) is 0 Å². The van der Waals surface area contributed by atoms with Crippen LogP contribution >= 0.6 is 0 Å². The molecule has 0 bridgehead atoms. The van der Waals surface area contributed by atoms with Crippen molar-refractivity contribution in [2.45, 2.75) is 31.7 Å². The topological polar surface area (TPSA) is 124 Å². The van der Waals surface area contributed by atoms with Crippen LogP contribution in [0.25, 0.3) is 0 Å². The highest BCUT2D eigenvalue weighted by atomic mass is 16.4. The number of aliphatic carboxylic acids is 1. The van der Waals surface area contributed by atoms with Gasteiger partial charge < -0.3 is 10.0 Å². The third-order valence-corrected chi connectivity index (χ3v) is 4.75. The quantitative estimate of drug-likeness (QED) is 0.691. The van der Waals surface area contributed by atoms with Crippen molar-refractivity contribution in [2.24, 2.45) is 0 Å². The van der Waals surface area contributed by atoms with E-state index >= 15 is 0 Å². The molecular formula is C18H19N3O6. The summed E-state index contributed by atoms with van der Waals surface area (Å²) in [7, 11) is 1.77. The van der Waals surface area contributed by atoms with Crippen molar-refractivity contribution in [3.05, 3.63) is 29.3 Å². The van der Waals surface area contributed by atoms with Crippen LogP contribution in [0.5, 0.6) is 0 Å². The van der Waals surface area contributed by atoms with Gasteiger partial charge in [0, 0.05) is 32.1 Å². The van der Waals surface area contributed by atoms with Gasteiger partial charge in [-0.2, -0.15) is 0 Å². The van der Waals surface area contributed by atoms with Crippen molar-refractivity contribution in [1.29, 1.82) is 0 Å². The second-order valence-corrected chi connectivity index (χ2v) is 6.60. The minimum atomic E-state index is -0.994. The molecule has 1 atom stereocenters. The zero-order chi connectivity index (χ0) is 19.7. The monoisotopic (exact) mass is 373 g/mol. The largest absolute Gasteiger partial charge is 0.481 e. The third-order valence-electron chi connectivity index (χ3n) is 4.75. The Kier molecular flexibility index (Phi) is 4.93. The molecule has 142 valence electrons. The lowest BCUT2D eigenvalue weighted by Crippen LogP contribution is -2.54. The second kappa shape index (κ2) is 7.18. The first-order chi connectivity index (χ1) is 12.8. The van der Waals surface area contributed by atoms with Gasteiger partial charge in [0.05, 0.1) is 11.1 Å². The van der Waals surface area contributed by atoms with Gasteiger partial charge in [0.15, 0.2) is 0 Å². The van der Waals surface area contributed by atoms with Gasteiger partial charge in [0.1, 0.15) is 6.04 Å². The van der Waals surface area contributed by atoms with Crippen LogP contribution in [0.1, 0.15) is 46.4 Å². The molecule has 0 aliphatic carbocycles. The number of amides is 4. The van der Waals surface area contributed by atoms with Crippen LogP contribution in [-0.4, -0.2) is 59.2 Å². The van der Waals surface area contributed by atoms with E-state index in [2.05, 4.69) is 5.32 Å².